The number of hydrogen-bond acceptors (Lipinski definition) is 4. The number of ether oxygens (including phenoxy) is 2. The average Bonchev–Trinajstić information content (AvgIpc) is 4.02. The molecule has 0 atom stereocenters. The monoisotopic (exact) mass is 974 g/mol. The second-order valence-corrected chi connectivity index (χ2v) is 22.4. The van der Waals surface area contributed by atoms with Crippen molar-refractivity contribution in [2.45, 2.75) is 19.6 Å². The minimum absolute atomic E-state index is 0.00204. The smallest absolute Gasteiger partial charge is 0.253 e. The highest BCUT2D eigenvalue weighted by Gasteiger charge is 2.42. The quantitative estimate of drug-likeness (QED) is 0.127. The molecule has 0 saturated carbocycles. The Kier molecular flexibility index (Phi) is 7.87. The van der Waals surface area contributed by atoms with E-state index in [4.69, 9.17) is 9.47 Å². The second kappa shape index (κ2) is 14.6. The molecule has 14 aromatic rings. The third kappa shape index (κ3) is 5.28. The normalized spacial score (nSPS) is 13.7. The van der Waals surface area contributed by atoms with Crippen LogP contribution in [-0.4, -0.2) is 22.6 Å². The Morgan fingerprint density at radius 3 is 1.01 bits per heavy atom. The first kappa shape index (κ1) is 40.0. The van der Waals surface area contributed by atoms with E-state index in [1.165, 1.54) is 118 Å². The third-order valence-corrected chi connectivity index (χ3v) is 18.8. The van der Waals surface area contributed by atoms with Crippen LogP contribution >= 0.6 is 23.5 Å². The van der Waals surface area contributed by atoms with E-state index in [1.54, 1.807) is 0 Å². The SMILES string of the molecule is c1ccc2c(c1)Sc1cc(-n3c4ccccc4c4ccccc43)cc3c1B2c1cc2c4ccccc4c4cc5c(cc4c2cc1O3)Oc1cc(-n2c3ccccc3c3ccccc32)cc2c1B5c1ccccc1S2. The first-order valence-electron chi connectivity index (χ1n) is 25.4. The fraction of sp³-hybridized carbons (Fsp3) is 0. The molecule has 340 valence electrons. The van der Waals surface area contributed by atoms with Crippen molar-refractivity contribution >= 4 is 146 Å². The van der Waals surface area contributed by atoms with Crippen LogP contribution in [0.15, 0.2) is 238 Å². The standard InChI is InChI=1S/C66H36B2N2O2S2/c1-2-16-40-39(15-1)45-33-51-57(71-59-29-37(31-63-65(59)67(51)49-21-7-13-27-61(49)73-63)69-53-23-9-3-17-41(53)42-18-4-10-24-54(42)69)35-47(45)48-36-58-52(34-46(40)48)68-50-22-8-14-28-62(50)74-64-32-38(30-60(72-58)66(64)68)70-55-25-11-5-19-43(55)44-20-6-12-26-56(44)70/h1-36H. The van der Waals surface area contributed by atoms with Crippen molar-refractivity contribution in [2.75, 3.05) is 0 Å². The van der Waals surface area contributed by atoms with Crippen molar-refractivity contribution in [3.8, 4) is 34.4 Å². The molecule has 4 aliphatic rings. The van der Waals surface area contributed by atoms with Gasteiger partial charge >= 0.3 is 0 Å². The lowest BCUT2D eigenvalue weighted by Crippen LogP contribution is -2.57. The Balaban J connectivity index is 0.872. The fourth-order valence-corrected chi connectivity index (χ4v) is 15.9. The number of aromatic nitrogens is 2. The van der Waals surface area contributed by atoms with E-state index >= 15 is 0 Å². The molecule has 0 saturated heterocycles. The molecule has 0 bridgehead atoms. The lowest BCUT2D eigenvalue weighted by molar-refractivity contribution is 0.486. The van der Waals surface area contributed by atoms with E-state index in [9.17, 15) is 0 Å². The molecule has 0 unspecified atom stereocenters. The van der Waals surface area contributed by atoms with Crippen LogP contribution in [0.1, 0.15) is 0 Å². The highest BCUT2D eigenvalue weighted by molar-refractivity contribution is 8.00. The van der Waals surface area contributed by atoms with Crippen LogP contribution < -0.4 is 42.3 Å². The molecule has 4 nitrogen and oxygen atoms in total. The molecule has 4 aliphatic heterocycles. The van der Waals surface area contributed by atoms with Gasteiger partial charge in [-0.05, 0) is 115 Å². The van der Waals surface area contributed by atoms with Gasteiger partial charge in [-0.2, -0.15) is 0 Å². The Hall–Kier alpha value is -8.55. The molecular formula is C66H36B2N2O2S2. The van der Waals surface area contributed by atoms with Crippen LogP contribution in [0.5, 0.6) is 23.0 Å². The van der Waals surface area contributed by atoms with Crippen LogP contribution in [0.4, 0.5) is 0 Å². The number of rotatable bonds is 2. The van der Waals surface area contributed by atoms with Crippen molar-refractivity contribution in [3.63, 3.8) is 0 Å². The Morgan fingerprint density at radius 1 is 0.270 bits per heavy atom. The topological polar surface area (TPSA) is 28.3 Å². The maximum Gasteiger partial charge on any atom is 0.253 e. The summed E-state index contributed by atoms with van der Waals surface area (Å²) in [6.07, 6.45) is 0. The van der Waals surface area contributed by atoms with Gasteiger partial charge in [0.1, 0.15) is 23.0 Å². The van der Waals surface area contributed by atoms with Gasteiger partial charge in [0.15, 0.2) is 0 Å². The van der Waals surface area contributed by atoms with Gasteiger partial charge in [0, 0.05) is 53.3 Å². The maximum absolute atomic E-state index is 7.37. The van der Waals surface area contributed by atoms with Gasteiger partial charge in [-0.15, -0.1) is 0 Å². The summed E-state index contributed by atoms with van der Waals surface area (Å²) < 4.78 is 19.6. The molecule has 18 rings (SSSR count). The molecule has 12 aromatic carbocycles. The summed E-state index contributed by atoms with van der Waals surface area (Å²) in [4.78, 5) is 5.02. The maximum atomic E-state index is 7.37. The minimum atomic E-state index is -0.00204. The number of fused-ring (bicyclic) bond motifs is 20. The van der Waals surface area contributed by atoms with Gasteiger partial charge in [0.2, 0.25) is 0 Å². The zero-order chi connectivity index (χ0) is 47.9. The molecular weight excluding hydrogens is 938 g/mol. The van der Waals surface area contributed by atoms with Crippen molar-refractivity contribution in [2.24, 2.45) is 0 Å². The van der Waals surface area contributed by atoms with Gasteiger partial charge in [-0.25, -0.2) is 0 Å². The predicted molar refractivity (Wildman–Crippen MR) is 311 cm³/mol. The molecule has 74 heavy (non-hydrogen) atoms. The third-order valence-electron chi connectivity index (χ3n) is 16.5. The number of hydrogen-bond donors (Lipinski definition) is 0. The van der Waals surface area contributed by atoms with Crippen molar-refractivity contribution < 1.29 is 9.47 Å². The number of benzene rings is 12. The minimum Gasteiger partial charge on any atom is -0.458 e. The van der Waals surface area contributed by atoms with Crippen LogP contribution in [0.25, 0.3) is 87.3 Å². The fourth-order valence-electron chi connectivity index (χ4n) is 13.5. The summed E-state index contributed by atoms with van der Waals surface area (Å²) >= 11 is 3.71. The Morgan fingerprint density at radius 2 is 0.608 bits per heavy atom. The summed E-state index contributed by atoms with van der Waals surface area (Å²) in [6, 6.07) is 80.9. The van der Waals surface area contributed by atoms with Crippen LogP contribution in [-0.2, 0) is 0 Å². The molecule has 0 amide bonds. The Labute approximate surface area is 433 Å². The molecule has 0 fully saturated rings. The summed E-state index contributed by atoms with van der Waals surface area (Å²) in [6.45, 7) is -0.00408. The predicted octanol–water partition coefficient (Wildman–Crippen LogP) is 13.5. The first-order valence-corrected chi connectivity index (χ1v) is 27.0. The summed E-state index contributed by atoms with van der Waals surface area (Å²) in [5.74, 6) is 3.59. The van der Waals surface area contributed by atoms with Gasteiger partial charge in [0.25, 0.3) is 13.4 Å². The van der Waals surface area contributed by atoms with E-state index in [0.29, 0.717) is 0 Å². The molecule has 0 N–H and O–H groups in total. The van der Waals surface area contributed by atoms with Crippen molar-refractivity contribution in [1.29, 1.82) is 0 Å². The van der Waals surface area contributed by atoms with Crippen LogP contribution in [0.3, 0.4) is 0 Å². The second-order valence-electron chi connectivity index (χ2n) is 20.2. The van der Waals surface area contributed by atoms with Crippen LogP contribution in [0, 0.1) is 0 Å². The summed E-state index contributed by atoms with van der Waals surface area (Å²) in [5.41, 5.74) is 14.4. The first-order chi connectivity index (χ1) is 36.7. The van der Waals surface area contributed by atoms with Gasteiger partial charge in [0.05, 0.1) is 33.4 Å². The molecule has 0 aliphatic carbocycles. The number of para-hydroxylation sites is 4. The molecule has 6 heterocycles. The van der Waals surface area contributed by atoms with E-state index < -0.39 is 0 Å². The zero-order valence-electron chi connectivity index (χ0n) is 39.5. The summed E-state index contributed by atoms with van der Waals surface area (Å²) in [7, 11) is 0. The van der Waals surface area contributed by atoms with E-state index in [2.05, 4.69) is 228 Å². The zero-order valence-corrected chi connectivity index (χ0v) is 41.1. The number of nitrogens with zero attached hydrogens (tertiary/aromatic N) is 2. The summed E-state index contributed by atoms with van der Waals surface area (Å²) in [5, 5.41) is 12.2. The van der Waals surface area contributed by atoms with E-state index in [1.807, 2.05) is 23.5 Å². The lowest BCUT2D eigenvalue weighted by Gasteiger charge is -2.34. The van der Waals surface area contributed by atoms with E-state index in [0.717, 1.165) is 45.1 Å². The molecule has 2 aromatic heterocycles. The Bertz CT molecular complexity index is 4490. The lowest BCUT2D eigenvalue weighted by atomic mass is 9.35. The average molecular weight is 975 g/mol. The molecule has 0 radical (unpaired) electrons. The molecule has 0 spiro atoms. The van der Waals surface area contributed by atoms with Gasteiger partial charge in [-0.3, -0.25) is 0 Å². The highest BCUT2D eigenvalue weighted by Crippen LogP contribution is 2.46. The van der Waals surface area contributed by atoms with E-state index in [-0.39, 0.29) is 13.4 Å². The van der Waals surface area contributed by atoms with Crippen molar-refractivity contribution in [1.82, 2.24) is 9.13 Å². The van der Waals surface area contributed by atoms with Gasteiger partial charge < -0.3 is 18.6 Å². The van der Waals surface area contributed by atoms with Crippen LogP contribution in [0.2, 0.25) is 0 Å². The highest BCUT2D eigenvalue weighted by atomic mass is 32.2. The van der Waals surface area contributed by atoms with Crippen molar-refractivity contribution in [3.05, 3.63) is 218 Å². The van der Waals surface area contributed by atoms with Gasteiger partial charge in [-0.1, -0.05) is 180 Å². The molecule has 8 heteroatoms. The largest absolute Gasteiger partial charge is 0.458 e.